The zero-order valence-electron chi connectivity index (χ0n) is 10.4. The number of nitrogens with two attached hydrogens (primary N) is 1. The van der Waals surface area contributed by atoms with E-state index in [1.54, 1.807) is 11.8 Å². The fourth-order valence-electron chi connectivity index (χ4n) is 1.45. The highest BCUT2D eigenvalue weighted by Gasteiger charge is 2.08. The summed E-state index contributed by atoms with van der Waals surface area (Å²) >= 11 is 1.54. The van der Waals surface area contributed by atoms with Gasteiger partial charge in [-0.2, -0.15) is 0 Å². The van der Waals surface area contributed by atoms with E-state index in [1.807, 2.05) is 38.1 Å². The quantitative estimate of drug-likeness (QED) is 0.764. The maximum atomic E-state index is 11.5. The molecular weight excluding hydrogens is 232 g/mol. The van der Waals surface area contributed by atoms with Crippen LogP contribution in [-0.2, 0) is 4.79 Å². The summed E-state index contributed by atoms with van der Waals surface area (Å²) in [5.41, 5.74) is 6.99. The number of nitrogens with one attached hydrogen (secondary N) is 1. The molecule has 0 bridgehead atoms. The highest BCUT2D eigenvalue weighted by Crippen LogP contribution is 2.25. The van der Waals surface area contributed by atoms with Crippen molar-refractivity contribution >= 4 is 17.7 Å². The van der Waals surface area contributed by atoms with Crippen LogP contribution < -0.4 is 11.1 Å². The van der Waals surface area contributed by atoms with E-state index in [-0.39, 0.29) is 11.9 Å². The molecule has 0 unspecified atom stereocenters. The summed E-state index contributed by atoms with van der Waals surface area (Å²) in [7, 11) is 0. The van der Waals surface area contributed by atoms with Crippen LogP contribution in [0.2, 0.25) is 0 Å². The lowest BCUT2D eigenvalue weighted by Gasteiger charge is -2.11. The van der Waals surface area contributed by atoms with Crippen molar-refractivity contribution in [2.75, 3.05) is 12.3 Å². The molecule has 0 heterocycles. The van der Waals surface area contributed by atoms with Crippen LogP contribution in [0.1, 0.15) is 31.9 Å². The third-order valence-electron chi connectivity index (χ3n) is 2.34. The summed E-state index contributed by atoms with van der Waals surface area (Å²) in [4.78, 5) is 12.6. The van der Waals surface area contributed by atoms with Gasteiger partial charge >= 0.3 is 0 Å². The van der Waals surface area contributed by atoms with E-state index in [4.69, 9.17) is 5.73 Å². The minimum absolute atomic E-state index is 0.00240. The molecule has 94 valence electrons. The maximum Gasteiger partial charge on any atom is 0.230 e. The average Bonchev–Trinajstić information content (AvgIpc) is 2.34. The van der Waals surface area contributed by atoms with Gasteiger partial charge in [-0.3, -0.25) is 4.79 Å². The second kappa shape index (κ2) is 7.35. The zero-order valence-corrected chi connectivity index (χ0v) is 11.2. The molecule has 0 aliphatic carbocycles. The fourth-order valence-corrected chi connectivity index (χ4v) is 2.43. The molecular formula is C13H20N2OS. The molecule has 1 amide bonds. The van der Waals surface area contributed by atoms with Crippen LogP contribution in [0.3, 0.4) is 0 Å². The first kappa shape index (κ1) is 14.1. The number of hydrogen-bond acceptors (Lipinski definition) is 3. The van der Waals surface area contributed by atoms with Crippen molar-refractivity contribution in [3.63, 3.8) is 0 Å². The van der Waals surface area contributed by atoms with Gasteiger partial charge in [-0.15, -0.1) is 11.8 Å². The molecule has 0 saturated heterocycles. The van der Waals surface area contributed by atoms with Crippen LogP contribution in [0.4, 0.5) is 0 Å². The van der Waals surface area contributed by atoms with Gasteiger partial charge in [0, 0.05) is 17.5 Å². The predicted octanol–water partition coefficient (Wildman–Crippen LogP) is 2.32. The summed E-state index contributed by atoms with van der Waals surface area (Å²) < 4.78 is 0. The van der Waals surface area contributed by atoms with Crippen molar-refractivity contribution in [3.05, 3.63) is 29.8 Å². The number of carbonyl (C=O) groups is 1. The van der Waals surface area contributed by atoms with E-state index in [1.165, 1.54) is 0 Å². The van der Waals surface area contributed by atoms with Crippen molar-refractivity contribution in [2.24, 2.45) is 5.73 Å². The summed E-state index contributed by atoms with van der Waals surface area (Å²) in [6.45, 7) is 4.74. The second-order valence-electron chi connectivity index (χ2n) is 3.97. The number of amides is 1. The van der Waals surface area contributed by atoms with Gasteiger partial charge < -0.3 is 11.1 Å². The first-order valence-corrected chi connectivity index (χ1v) is 6.87. The number of hydrogen-bond donors (Lipinski definition) is 2. The number of thioether (sulfide) groups is 1. The molecule has 0 radical (unpaired) electrons. The van der Waals surface area contributed by atoms with E-state index >= 15 is 0 Å². The lowest BCUT2D eigenvalue weighted by Crippen LogP contribution is -2.25. The molecule has 0 fully saturated rings. The molecule has 1 aromatic rings. The van der Waals surface area contributed by atoms with Gasteiger partial charge in [-0.25, -0.2) is 0 Å². The highest BCUT2D eigenvalue weighted by molar-refractivity contribution is 8.00. The van der Waals surface area contributed by atoms with Gasteiger partial charge in [0.25, 0.3) is 0 Å². The number of benzene rings is 1. The largest absolute Gasteiger partial charge is 0.355 e. The summed E-state index contributed by atoms with van der Waals surface area (Å²) in [5, 5.41) is 2.86. The van der Waals surface area contributed by atoms with Crippen LogP contribution in [-0.4, -0.2) is 18.2 Å². The van der Waals surface area contributed by atoms with Gasteiger partial charge in [0.05, 0.1) is 5.75 Å². The van der Waals surface area contributed by atoms with Crippen LogP contribution in [0.25, 0.3) is 0 Å². The number of rotatable bonds is 6. The molecule has 0 aliphatic heterocycles. The SMILES string of the molecule is CCCNC(=O)CSc1ccccc1[C@@H](C)N. The minimum atomic E-state index is -0.00240. The molecule has 1 aromatic carbocycles. The lowest BCUT2D eigenvalue weighted by molar-refractivity contribution is -0.118. The molecule has 3 nitrogen and oxygen atoms in total. The standard InChI is InChI=1S/C13H20N2OS/c1-3-8-15-13(16)9-17-12-7-5-4-6-11(12)10(2)14/h4-7,10H,3,8-9,14H2,1-2H3,(H,15,16)/t10-/m1/s1. The normalized spacial score (nSPS) is 12.2. The van der Waals surface area contributed by atoms with E-state index < -0.39 is 0 Å². The molecule has 1 atom stereocenters. The van der Waals surface area contributed by atoms with Gasteiger partial charge in [-0.05, 0) is 25.0 Å². The van der Waals surface area contributed by atoms with Crippen LogP contribution in [0, 0.1) is 0 Å². The highest BCUT2D eigenvalue weighted by atomic mass is 32.2. The van der Waals surface area contributed by atoms with Gasteiger partial charge in [0.1, 0.15) is 0 Å². The lowest BCUT2D eigenvalue weighted by atomic mass is 10.1. The molecule has 0 aliphatic rings. The second-order valence-corrected chi connectivity index (χ2v) is 4.98. The summed E-state index contributed by atoms with van der Waals surface area (Å²) in [6, 6.07) is 7.96. The Labute approximate surface area is 107 Å². The molecule has 4 heteroatoms. The Morgan fingerprint density at radius 2 is 2.18 bits per heavy atom. The summed E-state index contributed by atoms with van der Waals surface area (Å²) in [5.74, 6) is 0.528. The average molecular weight is 252 g/mol. The Bertz CT molecular complexity index is 366. The molecule has 1 rings (SSSR count). The van der Waals surface area contributed by atoms with Crippen LogP contribution in [0.5, 0.6) is 0 Å². The smallest absolute Gasteiger partial charge is 0.230 e. The van der Waals surface area contributed by atoms with E-state index in [0.29, 0.717) is 5.75 Å². The molecule has 3 N–H and O–H groups in total. The van der Waals surface area contributed by atoms with E-state index in [0.717, 1.165) is 23.4 Å². The van der Waals surface area contributed by atoms with Gasteiger partial charge in [-0.1, -0.05) is 25.1 Å². The minimum Gasteiger partial charge on any atom is -0.355 e. The van der Waals surface area contributed by atoms with Crippen LogP contribution >= 0.6 is 11.8 Å². The van der Waals surface area contributed by atoms with Crippen molar-refractivity contribution in [1.29, 1.82) is 0 Å². The Balaban J connectivity index is 2.54. The van der Waals surface area contributed by atoms with Gasteiger partial charge in [0.15, 0.2) is 0 Å². The third kappa shape index (κ3) is 4.79. The molecule has 17 heavy (non-hydrogen) atoms. The molecule has 0 spiro atoms. The van der Waals surface area contributed by atoms with Crippen molar-refractivity contribution in [2.45, 2.75) is 31.2 Å². The predicted molar refractivity (Wildman–Crippen MR) is 73.1 cm³/mol. The van der Waals surface area contributed by atoms with E-state index in [2.05, 4.69) is 5.32 Å². The fraction of sp³-hybridized carbons (Fsp3) is 0.462. The topological polar surface area (TPSA) is 55.1 Å². The monoisotopic (exact) mass is 252 g/mol. The first-order valence-electron chi connectivity index (χ1n) is 5.89. The molecule has 0 saturated carbocycles. The molecule has 0 aromatic heterocycles. The Hall–Kier alpha value is -1.00. The Morgan fingerprint density at radius 1 is 1.47 bits per heavy atom. The van der Waals surface area contributed by atoms with Crippen LogP contribution in [0.15, 0.2) is 29.2 Å². The Morgan fingerprint density at radius 3 is 2.82 bits per heavy atom. The van der Waals surface area contributed by atoms with E-state index in [9.17, 15) is 4.79 Å². The van der Waals surface area contributed by atoms with Gasteiger partial charge in [0.2, 0.25) is 5.91 Å². The Kier molecular flexibility index (Phi) is 6.08. The maximum absolute atomic E-state index is 11.5. The number of carbonyl (C=O) groups excluding carboxylic acids is 1. The van der Waals surface area contributed by atoms with Crippen molar-refractivity contribution < 1.29 is 4.79 Å². The van der Waals surface area contributed by atoms with Crippen molar-refractivity contribution in [3.8, 4) is 0 Å². The first-order chi connectivity index (χ1) is 8.15. The van der Waals surface area contributed by atoms with Crippen molar-refractivity contribution in [1.82, 2.24) is 5.32 Å². The summed E-state index contributed by atoms with van der Waals surface area (Å²) in [6.07, 6.45) is 0.965. The third-order valence-corrected chi connectivity index (χ3v) is 3.43. The zero-order chi connectivity index (χ0) is 12.7.